The van der Waals surface area contributed by atoms with Crippen LogP contribution in [0, 0.1) is 0 Å². The Balaban J connectivity index is 1.50. The van der Waals surface area contributed by atoms with Crippen LogP contribution >= 0.6 is 22.9 Å². The van der Waals surface area contributed by atoms with Gasteiger partial charge in [-0.25, -0.2) is 0 Å². The molecule has 0 spiro atoms. The number of hydrogen-bond donors (Lipinski definition) is 1. The highest BCUT2D eigenvalue weighted by Crippen LogP contribution is 2.35. The van der Waals surface area contributed by atoms with E-state index in [-0.39, 0.29) is 24.7 Å². The zero-order valence-electron chi connectivity index (χ0n) is 19.0. The monoisotopic (exact) mass is 498 g/mol. The largest absolute Gasteiger partial charge is 0.481 e. The summed E-state index contributed by atoms with van der Waals surface area (Å²) < 4.78 is 1.14. The van der Waals surface area contributed by atoms with Crippen LogP contribution in [0.1, 0.15) is 37.3 Å². The first-order chi connectivity index (χ1) is 16.3. The number of carboxylic acid groups (broad SMARTS) is 1. The highest BCUT2D eigenvalue weighted by molar-refractivity contribution is 7.17. The van der Waals surface area contributed by atoms with Gasteiger partial charge in [-0.2, -0.15) is 0 Å². The maximum atomic E-state index is 13.7. The third kappa shape index (κ3) is 5.10. The normalized spacial score (nSPS) is 17.4. The van der Waals surface area contributed by atoms with E-state index in [1.54, 1.807) is 33.3 Å². The van der Waals surface area contributed by atoms with Crippen LogP contribution in [0.15, 0.2) is 53.9 Å². The lowest BCUT2D eigenvalue weighted by atomic mass is 9.84. The number of likely N-dealkylation sites (tertiary alicyclic amines) is 1. The van der Waals surface area contributed by atoms with E-state index in [0.29, 0.717) is 37.5 Å². The third-order valence-corrected chi connectivity index (χ3v) is 7.70. The van der Waals surface area contributed by atoms with E-state index in [2.05, 4.69) is 0 Å². The molecule has 8 heteroatoms. The van der Waals surface area contributed by atoms with E-state index >= 15 is 0 Å². The number of carbonyl (C=O) groups is 3. The van der Waals surface area contributed by atoms with Crippen molar-refractivity contribution in [2.45, 2.75) is 44.7 Å². The smallest absolute Gasteiger partial charge is 0.303 e. The maximum Gasteiger partial charge on any atom is 0.303 e. The lowest BCUT2D eigenvalue weighted by molar-refractivity contribution is -0.164. The van der Waals surface area contributed by atoms with Gasteiger partial charge in [0.25, 0.3) is 0 Å². The second kappa shape index (κ2) is 10.2. The fraction of sp³-hybridized carbons (Fsp3) is 0.346. The molecular formula is C26H27ClN2O4S. The highest BCUT2D eigenvalue weighted by Gasteiger charge is 2.50. The molecule has 2 aromatic carbocycles. The van der Waals surface area contributed by atoms with Crippen LogP contribution in [0.4, 0.5) is 0 Å². The second-order valence-electron chi connectivity index (χ2n) is 8.86. The van der Waals surface area contributed by atoms with Gasteiger partial charge in [-0.15, -0.1) is 11.3 Å². The molecule has 1 N–H and O–H groups in total. The van der Waals surface area contributed by atoms with Gasteiger partial charge in [0.2, 0.25) is 11.8 Å². The number of amides is 2. The van der Waals surface area contributed by atoms with Gasteiger partial charge in [-0.1, -0.05) is 41.9 Å². The van der Waals surface area contributed by atoms with Crippen molar-refractivity contribution in [3.8, 4) is 0 Å². The minimum absolute atomic E-state index is 0.0239. The number of rotatable bonds is 9. The van der Waals surface area contributed by atoms with Crippen molar-refractivity contribution < 1.29 is 19.5 Å². The summed E-state index contributed by atoms with van der Waals surface area (Å²) in [6.07, 6.45) is 1.14. The number of thiophene rings is 1. The van der Waals surface area contributed by atoms with Crippen molar-refractivity contribution in [1.82, 2.24) is 9.80 Å². The summed E-state index contributed by atoms with van der Waals surface area (Å²) in [4.78, 5) is 41.3. The molecule has 1 saturated heterocycles. The molecule has 0 radical (unpaired) electrons. The quantitative estimate of drug-likeness (QED) is 0.451. The number of benzene rings is 2. The van der Waals surface area contributed by atoms with E-state index in [1.165, 1.54) is 0 Å². The molecule has 178 valence electrons. The molecule has 1 aromatic heterocycles. The molecule has 3 aromatic rings. The minimum Gasteiger partial charge on any atom is -0.481 e. The predicted octanol–water partition coefficient (Wildman–Crippen LogP) is 4.98. The van der Waals surface area contributed by atoms with Gasteiger partial charge < -0.3 is 14.9 Å². The maximum absolute atomic E-state index is 13.7. The molecule has 0 saturated carbocycles. The van der Waals surface area contributed by atoms with Crippen LogP contribution in [0.25, 0.3) is 10.1 Å². The van der Waals surface area contributed by atoms with Crippen molar-refractivity contribution in [3.05, 3.63) is 70.1 Å². The molecule has 34 heavy (non-hydrogen) atoms. The zero-order chi connectivity index (χ0) is 24.3. The molecule has 1 atom stereocenters. The third-order valence-electron chi connectivity index (χ3n) is 6.45. The average Bonchev–Trinajstić information content (AvgIpc) is 3.19. The van der Waals surface area contributed by atoms with Crippen LogP contribution in [-0.4, -0.2) is 51.3 Å². The topological polar surface area (TPSA) is 77.9 Å². The average molecular weight is 499 g/mol. The molecule has 1 unspecified atom stereocenters. The second-order valence-corrected chi connectivity index (χ2v) is 10.2. The number of nitrogens with zero attached hydrogens (tertiary/aromatic N) is 2. The number of carboxylic acids is 1. The predicted molar refractivity (Wildman–Crippen MR) is 134 cm³/mol. The summed E-state index contributed by atoms with van der Waals surface area (Å²) in [6.45, 7) is 2.95. The van der Waals surface area contributed by atoms with E-state index < -0.39 is 11.5 Å². The summed E-state index contributed by atoms with van der Waals surface area (Å²) in [7, 11) is 0. The Bertz CT molecular complexity index is 1230. The summed E-state index contributed by atoms with van der Waals surface area (Å²) in [5, 5.41) is 12.7. The lowest BCUT2D eigenvalue weighted by Gasteiger charge is -2.51. The van der Waals surface area contributed by atoms with Gasteiger partial charge >= 0.3 is 5.97 Å². The molecule has 2 heterocycles. The molecular weight excluding hydrogens is 472 g/mol. The van der Waals surface area contributed by atoms with Gasteiger partial charge in [-0.3, -0.25) is 14.4 Å². The Kier molecular flexibility index (Phi) is 7.24. The fourth-order valence-corrected chi connectivity index (χ4v) is 5.65. The van der Waals surface area contributed by atoms with Crippen molar-refractivity contribution in [1.29, 1.82) is 0 Å². The van der Waals surface area contributed by atoms with Crippen LogP contribution < -0.4 is 0 Å². The molecule has 0 bridgehead atoms. The number of fused-ring (bicyclic) bond motifs is 1. The Morgan fingerprint density at radius 2 is 1.97 bits per heavy atom. The van der Waals surface area contributed by atoms with Gasteiger partial charge in [0.05, 0.1) is 6.42 Å². The van der Waals surface area contributed by atoms with Gasteiger partial charge in [0.15, 0.2) is 0 Å². The Morgan fingerprint density at radius 1 is 1.18 bits per heavy atom. The number of carbonyl (C=O) groups excluding carboxylic acids is 2. The van der Waals surface area contributed by atoms with E-state index in [9.17, 15) is 14.4 Å². The van der Waals surface area contributed by atoms with Crippen LogP contribution in [0.3, 0.4) is 0 Å². The highest BCUT2D eigenvalue weighted by atomic mass is 35.5. The summed E-state index contributed by atoms with van der Waals surface area (Å²) >= 11 is 7.74. The fourth-order valence-electron chi connectivity index (χ4n) is 4.48. The summed E-state index contributed by atoms with van der Waals surface area (Å²) in [6, 6.07) is 15.3. The van der Waals surface area contributed by atoms with Gasteiger partial charge in [0, 0.05) is 35.8 Å². The first-order valence-corrected chi connectivity index (χ1v) is 12.5. The van der Waals surface area contributed by atoms with Crippen molar-refractivity contribution in [3.63, 3.8) is 0 Å². The number of hydrogen-bond acceptors (Lipinski definition) is 4. The van der Waals surface area contributed by atoms with Gasteiger partial charge in [-0.05, 0) is 59.9 Å². The van der Waals surface area contributed by atoms with E-state index in [4.69, 9.17) is 16.7 Å². The zero-order valence-corrected chi connectivity index (χ0v) is 20.6. The standard InChI is InChI=1S/C26H27ClN2O4S/c1-26(11-13-29(26)23(30)15-19-17-34-22-9-3-2-8-21(19)22)25(33)28(12-5-10-24(31)32)16-18-6-4-7-20(27)14-18/h2-4,6-9,14,17H,5,10-13,15-16H2,1H3,(H,31,32). The van der Waals surface area contributed by atoms with Crippen molar-refractivity contribution in [2.24, 2.45) is 0 Å². The molecule has 1 aliphatic heterocycles. The minimum atomic E-state index is -0.940. The Morgan fingerprint density at radius 3 is 2.68 bits per heavy atom. The molecule has 0 aliphatic carbocycles. The van der Waals surface area contributed by atoms with Crippen LogP contribution in [0.2, 0.25) is 5.02 Å². The summed E-state index contributed by atoms with van der Waals surface area (Å²) in [5.74, 6) is -1.13. The van der Waals surface area contributed by atoms with E-state index in [0.717, 1.165) is 21.2 Å². The Labute approximate surface area is 207 Å². The first-order valence-electron chi connectivity index (χ1n) is 11.3. The molecule has 1 fully saturated rings. The molecule has 6 nitrogen and oxygen atoms in total. The SMILES string of the molecule is CC1(C(=O)N(CCCC(=O)O)Cc2cccc(Cl)c2)CCN1C(=O)Cc1csc2ccccc12. The van der Waals surface area contributed by atoms with Gasteiger partial charge in [0.1, 0.15) is 5.54 Å². The van der Waals surface area contributed by atoms with Crippen LogP contribution in [-0.2, 0) is 27.3 Å². The van der Waals surface area contributed by atoms with Crippen molar-refractivity contribution in [2.75, 3.05) is 13.1 Å². The number of aliphatic carboxylic acids is 1. The Hall–Kier alpha value is -2.90. The van der Waals surface area contributed by atoms with E-state index in [1.807, 2.05) is 48.7 Å². The van der Waals surface area contributed by atoms with Crippen LogP contribution in [0.5, 0.6) is 0 Å². The first kappa shape index (κ1) is 24.2. The molecule has 4 rings (SSSR count). The molecule has 2 amide bonds. The molecule has 1 aliphatic rings. The number of halogens is 1. The lowest BCUT2D eigenvalue weighted by Crippen LogP contribution is -2.68. The summed E-state index contributed by atoms with van der Waals surface area (Å²) in [5.41, 5.74) is 0.899. The van der Waals surface area contributed by atoms with Crippen molar-refractivity contribution >= 4 is 50.8 Å².